The van der Waals surface area contributed by atoms with Crippen molar-refractivity contribution in [2.45, 2.75) is 24.8 Å². The molecule has 4 aromatic rings. The second-order valence-electron chi connectivity index (χ2n) is 6.16. The van der Waals surface area contributed by atoms with Gasteiger partial charge < -0.3 is 4.42 Å². The maximum absolute atomic E-state index is 6.25. The number of hydrogen-bond donors (Lipinski definition) is 0. The van der Waals surface area contributed by atoms with Gasteiger partial charge in [0.1, 0.15) is 5.01 Å². The number of aryl methyl sites for hydroxylation is 2. The Bertz CT molecular complexity index is 1070. The molecule has 4 nitrogen and oxygen atoms in total. The lowest BCUT2D eigenvalue weighted by Crippen LogP contribution is -1.83. The fourth-order valence-electron chi connectivity index (χ4n) is 2.75. The smallest absolute Gasteiger partial charge is 0.277 e. The Kier molecular flexibility index (Phi) is 5.29. The Hall–Kier alpha value is -2.15. The van der Waals surface area contributed by atoms with Gasteiger partial charge in [-0.05, 0) is 32.0 Å². The third-order valence-electron chi connectivity index (χ3n) is 3.87. The van der Waals surface area contributed by atoms with Crippen LogP contribution in [0.1, 0.15) is 16.8 Å². The standard InChI is InChI=1S/C20H16ClN3OS2/c1-12-7-13(2)9-14(8-12)18-23-24-20(25-18)27-11-15-10-26-19(22-15)16-5-3-4-6-17(16)21/h3-10H,11H2,1-2H3. The number of thioether (sulfide) groups is 1. The van der Waals surface area contributed by atoms with Crippen LogP contribution in [-0.4, -0.2) is 15.2 Å². The molecule has 0 aliphatic carbocycles. The molecule has 0 saturated carbocycles. The van der Waals surface area contributed by atoms with Crippen LogP contribution in [0.25, 0.3) is 22.0 Å². The van der Waals surface area contributed by atoms with Crippen molar-refractivity contribution in [1.82, 2.24) is 15.2 Å². The Morgan fingerprint density at radius 3 is 2.63 bits per heavy atom. The van der Waals surface area contributed by atoms with E-state index < -0.39 is 0 Å². The second-order valence-corrected chi connectivity index (χ2v) is 8.35. The highest BCUT2D eigenvalue weighted by Crippen LogP contribution is 2.32. The molecule has 0 spiro atoms. The van der Waals surface area contributed by atoms with Crippen LogP contribution in [0, 0.1) is 13.8 Å². The van der Waals surface area contributed by atoms with Crippen LogP contribution in [-0.2, 0) is 5.75 Å². The van der Waals surface area contributed by atoms with Gasteiger partial charge in [-0.15, -0.1) is 21.5 Å². The summed E-state index contributed by atoms with van der Waals surface area (Å²) in [6.45, 7) is 4.11. The Morgan fingerprint density at radius 2 is 1.85 bits per heavy atom. The van der Waals surface area contributed by atoms with Crippen molar-refractivity contribution in [2.24, 2.45) is 0 Å². The van der Waals surface area contributed by atoms with Crippen LogP contribution in [0.4, 0.5) is 0 Å². The van der Waals surface area contributed by atoms with E-state index in [4.69, 9.17) is 16.0 Å². The molecule has 27 heavy (non-hydrogen) atoms. The lowest BCUT2D eigenvalue weighted by atomic mass is 10.1. The summed E-state index contributed by atoms with van der Waals surface area (Å²) < 4.78 is 5.81. The Morgan fingerprint density at radius 1 is 1.07 bits per heavy atom. The summed E-state index contributed by atoms with van der Waals surface area (Å²) in [6.07, 6.45) is 0. The van der Waals surface area contributed by atoms with Gasteiger partial charge in [0.25, 0.3) is 5.22 Å². The first kappa shape index (κ1) is 18.2. The lowest BCUT2D eigenvalue weighted by molar-refractivity contribution is 0.465. The van der Waals surface area contributed by atoms with Crippen molar-refractivity contribution in [3.63, 3.8) is 0 Å². The van der Waals surface area contributed by atoms with Gasteiger partial charge in [-0.25, -0.2) is 4.98 Å². The number of nitrogens with zero attached hydrogens (tertiary/aromatic N) is 3. The van der Waals surface area contributed by atoms with Crippen LogP contribution >= 0.6 is 34.7 Å². The fourth-order valence-corrected chi connectivity index (χ4v) is 4.65. The van der Waals surface area contributed by atoms with Crippen LogP contribution in [0.15, 0.2) is 57.5 Å². The summed E-state index contributed by atoms with van der Waals surface area (Å²) in [7, 11) is 0. The predicted molar refractivity (Wildman–Crippen MR) is 111 cm³/mol. The van der Waals surface area contributed by atoms with E-state index in [2.05, 4.69) is 35.1 Å². The molecule has 4 rings (SSSR count). The minimum atomic E-state index is 0.538. The number of thiazole rings is 1. The molecule has 2 heterocycles. The van der Waals surface area contributed by atoms with Crippen LogP contribution in [0.5, 0.6) is 0 Å². The molecule has 0 N–H and O–H groups in total. The maximum atomic E-state index is 6.25. The van der Waals surface area contributed by atoms with Crippen molar-refractivity contribution in [3.8, 4) is 22.0 Å². The highest BCUT2D eigenvalue weighted by atomic mass is 35.5. The number of hydrogen-bond acceptors (Lipinski definition) is 6. The van der Waals surface area contributed by atoms with Gasteiger partial charge in [0.2, 0.25) is 5.89 Å². The van der Waals surface area contributed by atoms with Gasteiger partial charge in [0.15, 0.2) is 0 Å². The van der Waals surface area contributed by atoms with Gasteiger partial charge in [0.05, 0.1) is 10.7 Å². The Labute approximate surface area is 170 Å². The topological polar surface area (TPSA) is 51.8 Å². The van der Waals surface area contributed by atoms with Crippen molar-refractivity contribution in [2.75, 3.05) is 0 Å². The number of rotatable bonds is 5. The summed E-state index contributed by atoms with van der Waals surface area (Å²) >= 11 is 9.32. The van der Waals surface area contributed by atoms with Gasteiger partial charge in [0, 0.05) is 22.3 Å². The zero-order chi connectivity index (χ0) is 18.8. The predicted octanol–water partition coefficient (Wildman–Crippen LogP) is 6.42. The summed E-state index contributed by atoms with van der Waals surface area (Å²) in [5.74, 6) is 1.20. The van der Waals surface area contributed by atoms with E-state index in [0.717, 1.165) is 21.8 Å². The third kappa shape index (κ3) is 4.24. The van der Waals surface area contributed by atoms with Crippen LogP contribution < -0.4 is 0 Å². The van der Waals surface area contributed by atoms with Crippen molar-refractivity contribution >= 4 is 34.7 Å². The summed E-state index contributed by atoms with van der Waals surface area (Å²) in [4.78, 5) is 4.67. The minimum Gasteiger partial charge on any atom is -0.411 e. The van der Waals surface area contributed by atoms with Gasteiger partial charge in [-0.3, -0.25) is 0 Å². The summed E-state index contributed by atoms with van der Waals surface area (Å²) in [5, 5.41) is 12.5. The van der Waals surface area contributed by atoms with E-state index in [0.29, 0.717) is 21.9 Å². The van der Waals surface area contributed by atoms with Crippen molar-refractivity contribution < 1.29 is 4.42 Å². The SMILES string of the molecule is Cc1cc(C)cc(-c2nnc(SCc3csc(-c4ccccc4Cl)n3)o2)c1. The molecule has 0 bridgehead atoms. The van der Waals surface area contributed by atoms with E-state index in [1.54, 1.807) is 11.3 Å². The first-order chi connectivity index (χ1) is 13.1. The van der Waals surface area contributed by atoms with Crippen molar-refractivity contribution in [3.05, 3.63) is 69.7 Å². The third-order valence-corrected chi connectivity index (χ3v) is 5.98. The van der Waals surface area contributed by atoms with E-state index in [1.807, 2.05) is 41.8 Å². The summed E-state index contributed by atoms with van der Waals surface area (Å²) in [5.41, 5.74) is 5.21. The monoisotopic (exact) mass is 413 g/mol. The number of benzene rings is 2. The average Bonchev–Trinajstić information content (AvgIpc) is 3.29. The van der Waals surface area contributed by atoms with E-state index in [9.17, 15) is 0 Å². The first-order valence-corrected chi connectivity index (χ1v) is 10.6. The second kappa shape index (κ2) is 7.84. The van der Waals surface area contributed by atoms with Gasteiger partial charge in [-0.1, -0.05) is 58.8 Å². The minimum absolute atomic E-state index is 0.538. The van der Waals surface area contributed by atoms with Crippen LogP contribution in [0.2, 0.25) is 5.02 Å². The largest absolute Gasteiger partial charge is 0.411 e. The fraction of sp³-hybridized carbons (Fsp3) is 0.150. The molecule has 0 amide bonds. The molecule has 0 fully saturated rings. The average molecular weight is 414 g/mol. The first-order valence-electron chi connectivity index (χ1n) is 8.33. The maximum Gasteiger partial charge on any atom is 0.277 e. The molecule has 136 valence electrons. The molecular weight excluding hydrogens is 398 g/mol. The summed E-state index contributed by atoms with van der Waals surface area (Å²) in [6, 6.07) is 13.9. The van der Waals surface area contributed by atoms with Gasteiger partial charge in [-0.2, -0.15) is 0 Å². The normalized spacial score (nSPS) is 11.1. The quantitative estimate of drug-likeness (QED) is 0.353. The zero-order valence-corrected chi connectivity index (χ0v) is 17.2. The molecule has 0 aliphatic rings. The molecule has 0 unspecified atom stereocenters. The molecule has 7 heteroatoms. The number of halogens is 1. The van der Waals surface area contributed by atoms with Gasteiger partial charge >= 0.3 is 0 Å². The molecule has 0 saturated heterocycles. The van der Waals surface area contributed by atoms with E-state index in [-0.39, 0.29) is 0 Å². The highest BCUT2D eigenvalue weighted by Gasteiger charge is 2.12. The van der Waals surface area contributed by atoms with Crippen molar-refractivity contribution in [1.29, 1.82) is 0 Å². The molecule has 0 radical (unpaired) electrons. The lowest BCUT2D eigenvalue weighted by Gasteiger charge is -2.00. The highest BCUT2D eigenvalue weighted by molar-refractivity contribution is 7.98. The molecular formula is C20H16ClN3OS2. The Balaban J connectivity index is 1.46. The van der Waals surface area contributed by atoms with Crippen LogP contribution in [0.3, 0.4) is 0 Å². The number of aromatic nitrogens is 3. The van der Waals surface area contributed by atoms with E-state index in [1.165, 1.54) is 22.9 Å². The molecule has 2 aromatic carbocycles. The molecule has 0 aliphatic heterocycles. The molecule has 2 aromatic heterocycles. The van der Waals surface area contributed by atoms with E-state index >= 15 is 0 Å². The zero-order valence-electron chi connectivity index (χ0n) is 14.8. The molecule has 0 atom stereocenters.